The number of nitrogens with zero attached hydrogens (tertiary/aromatic N) is 1. The fraction of sp³-hybridized carbons (Fsp3) is 0.0435. The van der Waals surface area contributed by atoms with E-state index in [0.29, 0.717) is 5.57 Å². The Bertz CT molecular complexity index is 1100. The molecule has 0 aliphatic carbocycles. The number of hydrogen-bond acceptors (Lipinski definition) is 4. The van der Waals surface area contributed by atoms with E-state index in [2.05, 4.69) is 4.98 Å². The minimum Gasteiger partial charge on any atom is -0.481 e. The standard InChI is InChI=1S/C23H17NO3S/c25-22(26)15-17(23-24-20-8-4-5-9-21(20)28-23)14-16-10-12-19(13-11-16)27-18-6-2-1-3-7-18/h1-14H,15H2,(H,25,26)/b17-14+. The summed E-state index contributed by atoms with van der Waals surface area (Å²) < 4.78 is 6.84. The second-order valence-electron chi connectivity index (χ2n) is 6.21. The Morgan fingerprint density at radius 3 is 2.32 bits per heavy atom. The number of rotatable bonds is 6. The fourth-order valence-corrected chi connectivity index (χ4v) is 3.80. The number of carboxylic acid groups (broad SMARTS) is 1. The number of ether oxygens (including phenoxy) is 1. The average Bonchev–Trinajstić information content (AvgIpc) is 3.14. The quantitative estimate of drug-likeness (QED) is 0.434. The van der Waals surface area contributed by atoms with Crippen LogP contribution in [0.2, 0.25) is 0 Å². The van der Waals surface area contributed by atoms with Gasteiger partial charge in [-0.2, -0.15) is 0 Å². The van der Waals surface area contributed by atoms with Crippen molar-refractivity contribution in [2.24, 2.45) is 0 Å². The number of aromatic nitrogens is 1. The summed E-state index contributed by atoms with van der Waals surface area (Å²) in [7, 11) is 0. The van der Waals surface area contributed by atoms with Crippen LogP contribution < -0.4 is 4.74 Å². The van der Waals surface area contributed by atoms with Crippen LogP contribution in [0.1, 0.15) is 17.0 Å². The monoisotopic (exact) mass is 387 g/mol. The van der Waals surface area contributed by atoms with Crippen LogP contribution in [0.4, 0.5) is 0 Å². The zero-order valence-corrected chi connectivity index (χ0v) is 15.7. The first-order valence-corrected chi connectivity index (χ1v) is 9.60. The van der Waals surface area contributed by atoms with E-state index in [-0.39, 0.29) is 6.42 Å². The predicted molar refractivity (Wildman–Crippen MR) is 113 cm³/mol. The average molecular weight is 387 g/mol. The van der Waals surface area contributed by atoms with Crippen molar-refractivity contribution in [3.63, 3.8) is 0 Å². The molecular formula is C23H17NO3S. The molecule has 0 saturated carbocycles. The number of aliphatic carboxylic acids is 1. The Hall–Kier alpha value is -3.44. The largest absolute Gasteiger partial charge is 0.481 e. The van der Waals surface area contributed by atoms with Gasteiger partial charge in [-0.05, 0) is 53.6 Å². The van der Waals surface area contributed by atoms with Gasteiger partial charge in [-0.15, -0.1) is 11.3 Å². The molecule has 0 unspecified atom stereocenters. The third-order valence-electron chi connectivity index (χ3n) is 4.11. The van der Waals surface area contributed by atoms with Crippen LogP contribution in [0.5, 0.6) is 11.5 Å². The highest BCUT2D eigenvalue weighted by molar-refractivity contribution is 7.19. The molecule has 0 fully saturated rings. The molecule has 4 rings (SSSR count). The lowest BCUT2D eigenvalue weighted by Crippen LogP contribution is -1.97. The van der Waals surface area contributed by atoms with Gasteiger partial charge in [-0.3, -0.25) is 4.79 Å². The highest BCUT2D eigenvalue weighted by Crippen LogP contribution is 2.31. The van der Waals surface area contributed by atoms with E-state index in [1.165, 1.54) is 11.3 Å². The summed E-state index contributed by atoms with van der Waals surface area (Å²) >= 11 is 1.50. The van der Waals surface area contributed by atoms with Gasteiger partial charge in [0, 0.05) is 0 Å². The first-order valence-electron chi connectivity index (χ1n) is 8.79. The van der Waals surface area contributed by atoms with Gasteiger partial charge in [0.1, 0.15) is 16.5 Å². The molecule has 5 heteroatoms. The highest BCUT2D eigenvalue weighted by atomic mass is 32.1. The third-order valence-corrected chi connectivity index (χ3v) is 5.22. The van der Waals surface area contributed by atoms with Crippen molar-refractivity contribution >= 4 is 39.2 Å². The number of benzene rings is 3. The second-order valence-corrected chi connectivity index (χ2v) is 7.24. The molecule has 138 valence electrons. The summed E-state index contributed by atoms with van der Waals surface area (Å²) in [5.74, 6) is 0.615. The maximum atomic E-state index is 11.4. The number of carboxylic acids is 1. The summed E-state index contributed by atoms with van der Waals surface area (Å²) in [6.07, 6.45) is 1.79. The van der Waals surface area contributed by atoms with E-state index >= 15 is 0 Å². The number of carbonyl (C=O) groups is 1. The maximum absolute atomic E-state index is 11.4. The third kappa shape index (κ3) is 4.27. The van der Waals surface area contributed by atoms with Gasteiger partial charge in [0.05, 0.1) is 16.6 Å². The van der Waals surface area contributed by atoms with E-state index in [1.54, 1.807) is 0 Å². The van der Waals surface area contributed by atoms with Crippen molar-refractivity contribution in [1.82, 2.24) is 4.98 Å². The Kier molecular flexibility index (Phi) is 5.17. The second kappa shape index (κ2) is 8.06. The molecule has 1 N–H and O–H groups in total. The Balaban J connectivity index is 1.61. The molecule has 0 amide bonds. The number of fused-ring (bicyclic) bond motifs is 1. The molecule has 0 atom stereocenters. The van der Waals surface area contributed by atoms with Gasteiger partial charge in [0.25, 0.3) is 0 Å². The Labute approximate surface area is 166 Å². The molecule has 4 aromatic rings. The van der Waals surface area contributed by atoms with Crippen molar-refractivity contribution in [2.45, 2.75) is 6.42 Å². The first kappa shape index (κ1) is 17.9. The van der Waals surface area contributed by atoms with E-state index in [1.807, 2.05) is 84.9 Å². The van der Waals surface area contributed by atoms with Crippen LogP contribution in [0.25, 0.3) is 21.9 Å². The number of para-hydroxylation sites is 2. The molecule has 1 heterocycles. The minimum atomic E-state index is -0.880. The zero-order chi connectivity index (χ0) is 19.3. The Morgan fingerprint density at radius 2 is 1.61 bits per heavy atom. The van der Waals surface area contributed by atoms with Crippen LogP contribution in [0.15, 0.2) is 78.9 Å². The molecule has 0 aliphatic heterocycles. The van der Waals surface area contributed by atoms with Gasteiger partial charge in [0.15, 0.2) is 0 Å². The zero-order valence-electron chi connectivity index (χ0n) is 14.9. The summed E-state index contributed by atoms with van der Waals surface area (Å²) in [6, 6.07) is 24.9. The molecular weight excluding hydrogens is 370 g/mol. The van der Waals surface area contributed by atoms with Gasteiger partial charge in [-0.1, -0.05) is 42.5 Å². The molecule has 0 saturated heterocycles. The van der Waals surface area contributed by atoms with Crippen molar-refractivity contribution in [3.05, 3.63) is 89.4 Å². The SMILES string of the molecule is O=C(O)C/C(=C\c1ccc(Oc2ccccc2)cc1)c1nc2ccccc2s1. The van der Waals surface area contributed by atoms with Crippen LogP contribution in [-0.2, 0) is 4.79 Å². The van der Waals surface area contributed by atoms with E-state index < -0.39 is 5.97 Å². The van der Waals surface area contributed by atoms with E-state index in [4.69, 9.17) is 4.74 Å². The van der Waals surface area contributed by atoms with Gasteiger partial charge in [-0.25, -0.2) is 4.98 Å². The summed E-state index contributed by atoms with van der Waals surface area (Å²) in [6.45, 7) is 0. The lowest BCUT2D eigenvalue weighted by Gasteiger charge is -2.06. The van der Waals surface area contributed by atoms with Crippen LogP contribution in [-0.4, -0.2) is 16.1 Å². The molecule has 28 heavy (non-hydrogen) atoms. The van der Waals surface area contributed by atoms with Crippen molar-refractivity contribution in [1.29, 1.82) is 0 Å². The van der Waals surface area contributed by atoms with Crippen LogP contribution in [0.3, 0.4) is 0 Å². The van der Waals surface area contributed by atoms with E-state index in [0.717, 1.165) is 32.3 Å². The van der Waals surface area contributed by atoms with Crippen molar-refractivity contribution in [2.75, 3.05) is 0 Å². The van der Waals surface area contributed by atoms with Gasteiger partial charge in [0.2, 0.25) is 0 Å². The lowest BCUT2D eigenvalue weighted by molar-refractivity contribution is -0.135. The van der Waals surface area contributed by atoms with Crippen molar-refractivity contribution in [3.8, 4) is 11.5 Å². The van der Waals surface area contributed by atoms with E-state index in [9.17, 15) is 9.90 Å². The fourth-order valence-electron chi connectivity index (χ4n) is 2.82. The van der Waals surface area contributed by atoms with Crippen LogP contribution >= 0.6 is 11.3 Å². The summed E-state index contributed by atoms with van der Waals surface area (Å²) in [5, 5.41) is 10.1. The molecule has 0 spiro atoms. The van der Waals surface area contributed by atoms with Crippen molar-refractivity contribution < 1.29 is 14.6 Å². The molecule has 0 bridgehead atoms. The van der Waals surface area contributed by atoms with Crippen LogP contribution in [0, 0.1) is 0 Å². The minimum absolute atomic E-state index is 0.0813. The topological polar surface area (TPSA) is 59.4 Å². The maximum Gasteiger partial charge on any atom is 0.307 e. The van der Waals surface area contributed by atoms with Gasteiger partial charge < -0.3 is 9.84 Å². The lowest BCUT2D eigenvalue weighted by atomic mass is 10.1. The molecule has 1 aromatic heterocycles. The molecule has 0 aliphatic rings. The summed E-state index contributed by atoms with van der Waals surface area (Å²) in [4.78, 5) is 16.0. The normalized spacial score (nSPS) is 11.5. The predicted octanol–water partition coefficient (Wildman–Crippen LogP) is 6.10. The number of hydrogen-bond donors (Lipinski definition) is 1. The number of thiazole rings is 1. The molecule has 0 radical (unpaired) electrons. The van der Waals surface area contributed by atoms with Gasteiger partial charge >= 0.3 is 5.97 Å². The Morgan fingerprint density at radius 1 is 0.929 bits per heavy atom. The highest BCUT2D eigenvalue weighted by Gasteiger charge is 2.12. The smallest absolute Gasteiger partial charge is 0.307 e. The summed E-state index contributed by atoms with van der Waals surface area (Å²) in [5.41, 5.74) is 2.46. The first-order chi connectivity index (χ1) is 13.7. The molecule has 3 aromatic carbocycles. The molecule has 4 nitrogen and oxygen atoms in total.